The fraction of sp³-hybridized carbons (Fsp3) is 0.684. The quantitative estimate of drug-likeness (QED) is 0.798. The lowest BCUT2D eigenvalue weighted by Gasteiger charge is -2.32. The average Bonchev–Trinajstić information content (AvgIpc) is 3.16. The highest BCUT2D eigenvalue weighted by Crippen LogP contribution is 2.40. The molecule has 2 aliphatic rings. The zero-order valence-corrected chi connectivity index (χ0v) is 15.7. The summed E-state index contributed by atoms with van der Waals surface area (Å²) in [7, 11) is 0. The van der Waals surface area contributed by atoms with E-state index in [0.717, 1.165) is 37.6 Å². The van der Waals surface area contributed by atoms with Crippen LogP contribution in [0.25, 0.3) is 0 Å². The minimum Gasteiger partial charge on any atom is -0.343 e. The highest BCUT2D eigenvalue weighted by molar-refractivity contribution is 5.76. The van der Waals surface area contributed by atoms with Gasteiger partial charge < -0.3 is 9.47 Å². The first-order valence-corrected chi connectivity index (χ1v) is 9.80. The Labute approximate surface area is 154 Å². The highest BCUT2D eigenvalue weighted by atomic mass is 16.2. The molecule has 0 N–H and O–H groups in total. The zero-order valence-electron chi connectivity index (χ0n) is 15.7. The van der Waals surface area contributed by atoms with E-state index in [4.69, 9.17) is 0 Å². The van der Waals surface area contributed by atoms with Crippen molar-refractivity contribution in [2.24, 2.45) is 5.92 Å². The van der Waals surface area contributed by atoms with Crippen LogP contribution in [-0.4, -0.2) is 48.4 Å². The van der Waals surface area contributed by atoms with Crippen LogP contribution >= 0.6 is 0 Å². The molecule has 140 valence electrons. The third kappa shape index (κ3) is 3.66. The largest absolute Gasteiger partial charge is 0.343 e. The van der Waals surface area contributed by atoms with E-state index >= 15 is 0 Å². The molecule has 0 radical (unpaired) electrons. The molecular weight excluding hydrogens is 328 g/mol. The van der Waals surface area contributed by atoms with Gasteiger partial charge in [-0.1, -0.05) is 13.8 Å². The Hall–Kier alpha value is -2.18. The molecule has 1 aliphatic carbocycles. The number of aromatic nitrogens is 5. The molecule has 2 aromatic rings. The minimum absolute atomic E-state index is 0.293. The molecule has 3 heterocycles. The van der Waals surface area contributed by atoms with Gasteiger partial charge in [0.15, 0.2) is 5.82 Å². The van der Waals surface area contributed by atoms with E-state index in [0.29, 0.717) is 36.8 Å². The van der Waals surface area contributed by atoms with E-state index < -0.39 is 0 Å². The molecule has 4 rings (SSSR count). The van der Waals surface area contributed by atoms with Crippen LogP contribution in [0.2, 0.25) is 0 Å². The number of carbonyl (C=O) groups is 1. The first-order chi connectivity index (χ1) is 12.6. The summed E-state index contributed by atoms with van der Waals surface area (Å²) < 4.78 is 4.26. The average molecular weight is 356 g/mol. The van der Waals surface area contributed by atoms with Gasteiger partial charge in [0.25, 0.3) is 0 Å². The van der Waals surface area contributed by atoms with Gasteiger partial charge in [-0.05, 0) is 37.7 Å². The van der Waals surface area contributed by atoms with E-state index in [-0.39, 0.29) is 0 Å². The molecule has 7 nitrogen and oxygen atoms in total. The normalized spacial score (nSPS) is 18.7. The predicted octanol–water partition coefficient (Wildman–Crippen LogP) is 2.61. The monoisotopic (exact) mass is 356 g/mol. The number of amides is 1. The molecule has 26 heavy (non-hydrogen) atoms. The number of rotatable bonds is 6. The first-order valence-electron chi connectivity index (χ1n) is 9.80. The topological polar surface area (TPSA) is 68.8 Å². The van der Waals surface area contributed by atoms with Crippen molar-refractivity contribution < 1.29 is 4.79 Å². The molecule has 0 unspecified atom stereocenters. The number of hydrogen-bond donors (Lipinski definition) is 0. The van der Waals surface area contributed by atoms with Crippen LogP contribution in [-0.2, 0) is 11.3 Å². The maximum atomic E-state index is 12.3. The first kappa shape index (κ1) is 17.2. The molecule has 7 heteroatoms. The Balaban J connectivity index is 1.45. The van der Waals surface area contributed by atoms with Crippen molar-refractivity contribution in [1.82, 2.24) is 29.4 Å². The van der Waals surface area contributed by atoms with Gasteiger partial charge in [-0.3, -0.25) is 9.48 Å². The van der Waals surface area contributed by atoms with Gasteiger partial charge >= 0.3 is 0 Å². The number of hydrogen-bond acceptors (Lipinski definition) is 4. The van der Waals surface area contributed by atoms with Crippen molar-refractivity contribution in [1.29, 1.82) is 0 Å². The summed E-state index contributed by atoms with van der Waals surface area (Å²) in [5.41, 5.74) is 0. The second-order valence-corrected chi connectivity index (χ2v) is 8.03. The fourth-order valence-corrected chi connectivity index (χ4v) is 3.86. The molecule has 1 saturated heterocycles. The minimum atomic E-state index is 0.293. The summed E-state index contributed by atoms with van der Waals surface area (Å²) in [6.07, 6.45) is 8.79. The Morgan fingerprint density at radius 3 is 2.58 bits per heavy atom. The van der Waals surface area contributed by atoms with Crippen molar-refractivity contribution >= 4 is 5.91 Å². The lowest BCUT2D eigenvalue weighted by molar-refractivity contribution is -0.133. The summed E-state index contributed by atoms with van der Waals surface area (Å²) in [6, 6.07) is 2.48. The van der Waals surface area contributed by atoms with Crippen molar-refractivity contribution in [3.05, 3.63) is 30.1 Å². The zero-order chi connectivity index (χ0) is 18.1. The molecule has 1 aliphatic heterocycles. The van der Waals surface area contributed by atoms with Crippen LogP contribution in [0.3, 0.4) is 0 Å². The van der Waals surface area contributed by atoms with Gasteiger partial charge in [-0.25, -0.2) is 0 Å². The summed E-state index contributed by atoms with van der Waals surface area (Å²) >= 11 is 0. The molecule has 1 saturated carbocycles. The second kappa shape index (κ2) is 7.21. The van der Waals surface area contributed by atoms with E-state index in [9.17, 15) is 4.79 Å². The summed E-state index contributed by atoms with van der Waals surface area (Å²) in [6.45, 7) is 6.54. The Morgan fingerprint density at radius 1 is 1.19 bits per heavy atom. The van der Waals surface area contributed by atoms with Crippen LogP contribution in [0.5, 0.6) is 0 Å². The summed E-state index contributed by atoms with van der Waals surface area (Å²) in [4.78, 5) is 14.3. The van der Waals surface area contributed by atoms with Gasteiger partial charge in [-0.2, -0.15) is 5.10 Å². The molecular formula is C19H28N6O. The van der Waals surface area contributed by atoms with Gasteiger partial charge in [0.1, 0.15) is 12.4 Å². The number of piperidine rings is 1. The third-order valence-electron chi connectivity index (χ3n) is 5.36. The van der Waals surface area contributed by atoms with Crippen molar-refractivity contribution in [3.63, 3.8) is 0 Å². The van der Waals surface area contributed by atoms with Gasteiger partial charge in [-0.15, -0.1) is 10.2 Å². The van der Waals surface area contributed by atoms with Gasteiger partial charge in [0, 0.05) is 43.9 Å². The van der Waals surface area contributed by atoms with Crippen LogP contribution in [0, 0.1) is 5.92 Å². The molecule has 0 bridgehead atoms. The van der Waals surface area contributed by atoms with Crippen LogP contribution in [0.4, 0.5) is 0 Å². The number of carbonyl (C=O) groups excluding carboxylic acids is 1. The lowest BCUT2D eigenvalue weighted by Crippen LogP contribution is -2.38. The maximum Gasteiger partial charge on any atom is 0.222 e. The standard InChI is InChI=1S/C19H28N6O/c1-14(2)12-18(26)23-10-6-15(7-11-23)19-22-21-17(25(19)16-4-5-16)13-24-9-3-8-20-24/h3,8-9,14-16H,4-7,10-13H2,1-2H3. The summed E-state index contributed by atoms with van der Waals surface area (Å²) in [5.74, 6) is 3.23. The van der Waals surface area contributed by atoms with E-state index in [1.807, 2.05) is 21.8 Å². The lowest BCUT2D eigenvalue weighted by atomic mass is 9.95. The molecule has 0 aromatic carbocycles. The van der Waals surface area contributed by atoms with Crippen LogP contribution in [0.1, 0.15) is 69.6 Å². The van der Waals surface area contributed by atoms with Crippen molar-refractivity contribution in [2.75, 3.05) is 13.1 Å². The predicted molar refractivity (Wildman–Crippen MR) is 97.6 cm³/mol. The summed E-state index contributed by atoms with van der Waals surface area (Å²) in [5, 5.41) is 13.4. The number of likely N-dealkylation sites (tertiary alicyclic amines) is 1. The van der Waals surface area contributed by atoms with E-state index in [1.165, 1.54) is 12.8 Å². The van der Waals surface area contributed by atoms with E-state index in [2.05, 4.69) is 33.7 Å². The molecule has 1 amide bonds. The van der Waals surface area contributed by atoms with Crippen molar-refractivity contribution in [3.8, 4) is 0 Å². The van der Waals surface area contributed by atoms with Gasteiger partial charge in [0.05, 0.1) is 0 Å². The van der Waals surface area contributed by atoms with Gasteiger partial charge in [0.2, 0.25) is 5.91 Å². The van der Waals surface area contributed by atoms with E-state index in [1.54, 1.807) is 6.20 Å². The fourth-order valence-electron chi connectivity index (χ4n) is 3.86. The molecule has 0 spiro atoms. The second-order valence-electron chi connectivity index (χ2n) is 8.03. The Kier molecular flexibility index (Phi) is 4.78. The Bertz CT molecular complexity index is 738. The Morgan fingerprint density at radius 2 is 1.96 bits per heavy atom. The van der Waals surface area contributed by atoms with Crippen LogP contribution in [0.15, 0.2) is 18.5 Å². The highest BCUT2D eigenvalue weighted by Gasteiger charge is 2.34. The maximum absolute atomic E-state index is 12.3. The number of nitrogens with zero attached hydrogens (tertiary/aromatic N) is 6. The smallest absolute Gasteiger partial charge is 0.222 e. The molecule has 2 aromatic heterocycles. The SMILES string of the molecule is CC(C)CC(=O)N1CCC(c2nnc(Cn3cccn3)n2C2CC2)CC1. The third-order valence-corrected chi connectivity index (χ3v) is 5.36. The molecule has 2 fully saturated rings. The van der Waals surface area contributed by atoms with Crippen molar-refractivity contribution in [2.45, 2.75) is 64.5 Å². The van der Waals surface area contributed by atoms with Crippen LogP contribution < -0.4 is 0 Å². The molecule has 0 atom stereocenters.